The van der Waals surface area contributed by atoms with Crippen LogP contribution in [0.4, 0.5) is 0 Å². The number of piperazine rings is 1. The molecule has 13 heteroatoms. The Hall–Kier alpha value is -2.78. The van der Waals surface area contributed by atoms with Crippen molar-refractivity contribution in [3.63, 3.8) is 0 Å². The van der Waals surface area contributed by atoms with Gasteiger partial charge in [-0.1, -0.05) is 19.9 Å². The molecule has 1 aromatic heterocycles. The average Bonchev–Trinajstić information content (AvgIpc) is 3.40. The number of benzene rings is 1. The van der Waals surface area contributed by atoms with Crippen molar-refractivity contribution in [1.82, 2.24) is 25.7 Å². The maximum Gasteiger partial charge on any atom is 0.238 e. The number of ether oxygens (including phenoxy) is 3. The zero-order chi connectivity index (χ0) is 32.7. The Balaban J connectivity index is 1.31. The number of hydrogen-bond donors (Lipinski definition) is 7. The molecule has 1 amide bonds. The first-order valence-electron chi connectivity index (χ1n) is 15.9. The summed E-state index contributed by atoms with van der Waals surface area (Å²) in [4.78, 5) is 14.6. The van der Waals surface area contributed by atoms with Crippen molar-refractivity contribution in [3.8, 4) is 11.6 Å². The fourth-order valence-electron chi connectivity index (χ4n) is 5.68. The second-order valence-corrected chi connectivity index (χ2v) is 13.0. The molecule has 2 aliphatic heterocycles. The van der Waals surface area contributed by atoms with Crippen LogP contribution in [0.3, 0.4) is 0 Å². The molecule has 252 valence electrons. The number of rotatable bonds is 14. The van der Waals surface area contributed by atoms with E-state index in [0.29, 0.717) is 19.4 Å². The number of amides is 1. The minimum Gasteiger partial charge on any atom is -0.494 e. The quantitative estimate of drug-likeness (QED) is 0.145. The van der Waals surface area contributed by atoms with Gasteiger partial charge in [0, 0.05) is 55.8 Å². The highest BCUT2D eigenvalue weighted by Crippen LogP contribution is 2.32. The highest BCUT2D eigenvalue weighted by Gasteiger charge is 2.45. The van der Waals surface area contributed by atoms with E-state index in [4.69, 9.17) is 14.2 Å². The fourth-order valence-corrected chi connectivity index (χ4v) is 5.68. The predicted molar refractivity (Wildman–Crippen MR) is 167 cm³/mol. The SMILES string of the molecule is Cc1cc(OCCCNC(C)(C)CC(=O)N2CCNCC2)ccc1Cc1c(O[C@@H]2O[C@H](CO)[C@@H](O)[C@H](O)[C@H]2O)n[nH]c1C(C)C. The lowest BCUT2D eigenvalue weighted by Gasteiger charge is -2.39. The molecule has 13 nitrogen and oxygen atoms in total. The first-order chi connectivity index (χ1) is 21.4. The van der Waals surface area contributed by atoms with Crippen LogP contribution in [-0.4, -0.2) is 124 Å². The number of carbonyl (C=O) groups is 1. The number of aryl methyl sites for hydroxylation is 1. The average molecular weight is 634 g/mol. The van der Waals surface area contributed by atoms with Crippen LogP contribution >= 0.6 is 0 Å². The van der Waals surface area contributed by atoms with Gasteiger partial charge in [-0.15, -0.1) is 5.10 Å². The summed E-state index contributed by atoms with van der Waals surface area (Å²) in [7, 11) is 0. The molecule has 3 heterocycles. The second-order valence-electron chi connectivity index (χ2n) is 13.0. The van der Waals surface area contributed by atoms with Gasteiger partial charge in [0.2, 0.25) is 18.1 Å². The van der Waals surface area contributed by atoms with Crippen molar-refractivity contribution in [3.05, 3.63) is 40.6 Å². The van der Waals surface area contributed by atoms with Crippen LogP contribution in [0, 0.1) is 6.92 Å². The molecule has 5 atom stereocenters. The first kappa shape index (κ1) is 35.1. The van der Waals surface area contributed by atoms with Crippen molar-refractivity contribution >= 4 is 5.91 Å². The third kappa shape index (κ3) is 9.16. The van der Waals surface area contributed by atoms with Crippen molar-refractivity contribution in [2.45, 2.75) is 96.0 Å². The van der Waals surface area contributed by atoms with Gasteiger partial charge in [-0.2, -0.15) is 0 Å². The molecule has 45 heavy (non-hydrogen) atoms. The van der Waals surface area contributed by atoms with E-state index in [-0.39, 0.29) is 23.2 Å². The summed E-state index contributed by atoms with van der Waals surface area (Å²) in [5.74, 6) is 1.26. The largest absolute Gasteiger partial charge is 0.494 e. The van der Waals surface area contributed by atoms with Crippen LogP contribution in [0.15, 0.2) is 18.2 Å². The molecule has 0 unspecified atom stereocenters. The molecule has 0 bridgehead atoms. The molecule has 0 aliphatic carbocycles. The van der Waals surface area contributed by atoms with Crippen LogP contribution in [0.5, 0.6) is 11.6 Å². The van der Waals surface area contributed by atoms with Gasteiger partial charge in [-0.05, 0) is 62.9 Å². The Morgan fingerprint density at radius 3 is 2.58 bits per heavy atom. The Labute approximate surface area is 265 Å². The van der Waals surface area contributed by atoms with Crippen LogP contribution in [0.25, 0.3) is 0 Å². The van der Waals surface area contributed by atoms with Gasteiger partial charge >= 0.3 is 0 Å². The van der Waals surface area contributed by atoms with Crippen LogP contribution in [-0.2, 0) is 16.0 Å². The Kier molecular flexibility index (Phi) is 12.2. The molecule has 2 aliphatic rings. The molecule has 7 N–H and O–H groups in total. The zero-order valence-electron chi connectivity index (χ0n) is 27.1. The van der Waals surface area contributed by atoms with E-state index in [0.717, 1.165) is 67.3 Å². The van der Waals surface area contributed by atoms with E-state index < -0.39 is 37.3 Å². The molecule has 2 saturated heterocycles. The van der Waals surface area contributed by atoms with Gasteiger partial charge < -0.3 is 50.2 Å². The Morgan fingerprint density at radius 1 is 1.18 bits per heavy atom. The van der Waals surface area contributed by atoms with E-state index in [1.807, 2.05) is 43.9 Å². The molecule has 0 radical (unpaired) electrons. The second kappa shape index (κ2) is 15.7. The monoisotopic (exact) mass is 633 g/mol. The molecule has 0 spiro atoms. The first-order valence-corrected chi connectivity index (χ1v) is 15.9. The summed E-state index contributed by atoms with van der Waals surface area (Å²) in [6.45, 7) is 14.1. The third-order valence-electron chi connectivity index (χ3n) is 8.45. The number of aliphatic hydroxyl groups excluding tert-OH is 4. The van der Waals surface area contributed by atoms with Crippen molar-refractivity contribution in [2.75, 3.05) is 45.9 Å². The van der Waals surface area contributed by atoms with Gasteiger partial charge in [-0.25, -0.2) is 0 Å². The zero-order valence-corrected chi connectivity index (χ0v) is 27.1. The number of aliphatic hydroxyl groups is 4. The standard InChI is InChI=1S/C32H51N5O8/c1-19(2)26-23(30(36-35-26)45-31-29(42)28(41)27(40)24(18-38)44-31)16-21-7-8-22(15-20(21)3)43-14-6-9-34-32(4,5)17-25(39)37-12-10-33-11-13-37/h7-8,15,19,24,27-29,31,33-34,38,40-42H,6,9-14,16-18H2,1-5H3,(H,35,36)/t24-,27-,28+,29-,31+/m1/s1. The number of aromatic nitrogens is 2. The van der Waals surface area contributed by atoms with Gasteiger partial charge in [0.25, 0.3) is 0 Å². The summed E-state index contributed by atoms with van der Waals surface area (Å²) in [5.41, 5.74) is 3.39. The molecule has 2 fully saturated rings. The van der Waals surface area contributed by atoms with E-state index >= 15 is 0 Å². The highest BCUT2D eigenvalue weighted by atomic mass is 16.7. The predicted octanol–water partition coefficient (Wildman–Crippen LogP) is 0.570. The van der Waals surface area contributed by atoms with Gasteiger partial charge in [0.1, 0.15) is 30.2 Å². The third-order valence-corrected chi connectivity index (χ3v) is 8.45. The van der Waals surface area contributed by atoms with E-state index in [2.05, 4.69) is 34.7 Å². The molecule has 1 aromatic carbocycles. The lowest BCUT2D eigenvalue weighted by molar-refractivity contribution is -0.278. The van der Waals surface area contributed by atoms with Gasteiger partial charge in [0.05, 0.1) is 13.2 Å². The van der Waals surface area contributed by atoms with Crippen molar-refractivity contribution < 1.29 is 39.4 Å². The maximum absolute atomic E-state index is 12.6. The summed E-state index contributed by atoms with van der Waals surface area (Å²) in [6.07, 6.45) is -5.23. The molecular formula is C32H51N5O8. The number of aromatic amines is 1. The van der Waals surface area contributed by atoms with Gasteiger partial charge in [0.15, 0.2) is 0 Å². The number of hydrogen-bond acceptors (Lipinski definition) is 11. The lowest BCUT2D eigenvalue weighted by atomic mass is 9.96. The number of nitrogens with zero attached hydrogens (tertiary/aromatic N) is 2. The number of carbonyl (C=O) groups excluding carboxylic acids is 1. The molecule has 4 rings (SSSR count). The minimum absolute atomic E-state index is 0.0985. The molecule has 2 aromatic rings. The number of nitrogens with one attached hydrogen (secondary N) is 3. The van der Waals surface area contributed by atoms with Crippen molar-refractivity contribution in [2.24, 2.45) is 0 Å². The van der Waals surface area contributed by atoms with Crippen LogP contribution < -0.4 is 20.1 Å². The van der Waals surface area contributed by atoms with Crippen LogP contribution in [0.2, 0.25) is 0 Å². The summed E-state index contributed by atoms with van der Waals surface area (Å²) in [6, 6.07) is 5.92. The van der Waals surface area contributed by atoms with E-state index in [1.165, 1.54) is 0 Å². The maximum atomic E-state index is 12.6. The van der Waals surface area contributed by atoms with Crippen LogP contribution in [0.1, 0.15) is 68.8 Å². The summed E-state index contributed by atoms with van der Waals surface area (Å²) < 4.78 is 17.5. The smallest absolute Gasteiger partial charge is 0.238 e. The minimum atomic E-state index is -1.54. The normalized spacial score (nSPS) is 24.2. The number of H-pyrrole nitrogens is 1. The summed E-state index contributed by atoms with van der Waals surface area (Å²) in [5, 5.41) is 54.4. The molecular weight excluding hydrogens is 582 g/mol. The molecule has 0 saturated carbocycles. The van der Waals surface area contributed by atoms with E-state index in [1.54, 1.807) is 0 Å². The fraction of sp³-hybridized carbons (Fsp3) is 0.688. The van der Waals surface area contributed by atoms with E-state index in [9.17, 15) is 25.2 Å². The lowest BCUT2D eigenvalue weighted by Crippen LogP contribution is -2.60. The Bertz CT molecular complexity index is 1250. The summed E-state index contributed by atoms with van der Waals surface area (Å²) >= 11 is 0. The topological polar surface area (TPSA) is 182 Å². The Morgan fingerprint density at radius 2 is 1.91 bits per heavy atom. The highest BCUT2D eigenvalue weighted by molar-refractivity contribution is 5.77. The van der Waals surface area contributed by atoms with Gasteiger partial charge in [-0.3, -0.25) is 9.89 Å². The van der Waals surface area contributed by atoms with Crippen molar-refractivity contribution in [1.29, 1.82) is 0 Å².